The molecule has 1 heterocycles. The highest BCUT2D eigenvalue weighted by Crippen LogP contribution is 2.31. The highest BCUT2D eigenvalue weighted by Gasteiger charge is 2.32. The van der Waals surface area contributed by atoms with Crippen LogP contribution < -0.4 is 5.73 Å². The number of rotatable bonds is 3. The summed E-state index contributed by atoms with van der Waals surface area (Å²) in [7, 11) is 0. The van der Waals surface area contributed by atoms with Gasteiger partial charge < -0.3 is 10.5 Å². The van der Waals surface area contributed by atoms with Crippen LogP contribution in [0.15, 0.2) is 11.8 Å². The SMILES string of the molecule is NC1(CC(=O)C2=COCCC2)CCCC1. The Kier molecular flexibility index (Phi) is 3.10. The van der Waals surface area contributed by atoms with Crippen LogP contribution in [0.4, 0.5) is 0 Å². The Morgan fingerprint density at radius 1 is 1.40 bits per heavy atom. The largest absolute Gasteiger partial charge is 0.501 e. The first-order chi connectivity index (χ1) is 7.20. The molecule has 0 amide bonds. The molecule has 0 radical (unpaired) electrons. The number of ketones is 1. The summed E-state index contributed by atoms with van der Waals surface area (Å²) in [5.41, 5.74) is 6.78. The average Bonchev–Trinajstić information content (AvgIpc) is 2.66. The van der Waals surface area contributed by atoms with Gasteiger partial charge in [0.15, 0.2) is 5.78 Å². The number of allylic oxidation sites excluding steroid dienone is 1. The van der Waals surface area contributed by atoms with E-state index in [0.29, 0.717) is 6.42 Å². The molecule has 0 aromatic carbocycles. The number of nitrogens with two attached hydrogens (primary N) is 1. The van der Waals surface area contributed by atoms with E-state index in [4.69, 9.17) is 10.5 Å². The Morgan fingerprint density at radius 2 is 2.13 bits per heavy atom. The third kappa shape index (κ3) is 2.59. The third-order valence-electron chi connectivity index (χ3n) is 3.40. The Balaban J connectivity index is 1.93. The van der Waals surface area contributed by atoms with E-state index in [9.17, 15) is 4.79 Å². The normalized spacial score (nSPS) is 24.5. The number of hydrogen-bond acceptors (Lipinski definition) is 3. The molecule has 1 aliphatic carbocycles. The van der Waals surface area contributed by atoms with E-state index in [1.807, 2.05) is 0 Å². The van der Waals surface area contributed by atoms with Crippen molar-refractivity contribution < 1.29 is 9.53 Å². The predicted octanol–water partition coefficient (Wildman–Crippen LogP) is 1.91. The molecule has 0 saturated heterocycles. The van der Waals surface area contributed by atoms with Crippen LogP contribution in [0.1, 0.15) is 44.9 Å². The lowest BCUT2D eigenvalue weighted by Gasteiger charge is -2.23. The van der Waals surface area contributed by atoms with Crippen molar-refractivity contribution in [2.45, 2.75) is 50.5 Å². The van der Waals surface area contributed by atoms with Gasteiger partial charge in [-0.1, -0.05) is 12.8 Å². The van der Waals surface area contributed by atoms with Crippen molar-refractivity contribution >= 4 is 5.78 Å². The van der Waals surface area contributed by atoms with Gasteiger partial charge in [0.1, 0.15) is 0 Å². The quantitative estimate of drug-likeness (QED) is 0.772. The molecule has 2 N–H and O–H groups in total. The molecule has 15 heavy (non-hydrogen) atoms. The first-order valence-electron chi connectivity index (χ1n) is 5.82. The zero-order chi connectivity index (χ0) is 10.7. The number of Topliss-reactive ketones (excluding diaryl/α,β-unsaturated/α-hetero) is 1. The fourth-order valence-corrected chi connectivity index (χ4v) is 2.46. The van der Waals surface area contributed by atoms with Gasteiger partial charge in [-0.2, -0.15) is 0 Å². The highest BCUT2D eigenvalue weighted by molar-refractivity contribution is 5.95. The minimum absolute atomic E-state index is 0.194. The van der Waals surface area contributed by atoms with Gasteiger partial charge >= 0.3 is 0 Å². The maximum Gasteiger partial charge on any atom is 0.163 e. The molecule has 1 fully saturated rings. The summed E-state index contributed by atoms with van der Waals surface area (Å²) in [6.07, 6.45) is 8.26. The van der Waals surface area contributed by atoms with Crippen LogP contribution in [0.25, 0.3) is 0 Å². The molecule has 1 aliphatic heterocycles. The molecule has 2 aliphatic rings. The molecule has 0 atom stereocenters. The number of carbonyl (C=O) groups excluding carboxylic acids is 1. The van der Waals surface area contributed by atoms with E-state index < -0.39 is 0 Å². The highest BCUT2D eigenvalue weighted by atomic mass is 16.5. The van der Waals surface area contributed by atoms with Gasteiger partial charge in [-0.05, 0) is 25.7 Å². The van der Waals surface area contributed by atoms with Crippen LogP contribution in [0.5, 0.6) is 0 Å². The van der Waals surface area contributed by atoms with Crippen molar-refractivity contribution in [2.24, 2.45) is 5.73 Å². The maximum absolute atomic E-state index is 11.9. The molecule has 0 aromatic heterocycles. The van der Waals surface area contributed by atoms with E-state index in [0.717, 1.165) is 37.9 Å². The molecule has 0 unspecified atom stereocenters. The van der Waals surface area contributed by atoms with Crippen molar-refractivity contribution in [2.75, 3.05) is 6.61 Å². The Bertz CT molecular complexity index is 277. The lowest BCUT2D eigenvalue weighted by Crippen LogP contribution is -2.39. The van der Waals surface area contributed by atoms with Crippen molar-refractivity contribution in [3.8, 4) is 0 Å². The smallest absolute Gasteiger partial charge is 0.163 e. The first kappa shape index (κ1) is 10.7. The summed E-state index contributed by atoms with van der Waals surface area (Å²) in [4.78, 5) is 11.9. The number of carbonyl (C=O) groups is 1. The van der Waals surface area contributed by atoms with Crippen molar-refractivity contribution in [1.29, 1.82) is 0 Å². The van der Waals surface area contributed by atoms with Gasteiger partial charge in [0, 0.05) is 17.5 Å². The molecule has 1 saturated carbocycles. The van der Waals surface area contributed by atoms with Gasteiger partial charge in [-0.3, -0.25) is 4.79 Å². The third-order valence-corrected chi connectivity index (χ3v) is 3.40. The monoisotopic (exact) mass is 209 g/mol. The van der Waals surface area contributed by atoms with Crippen LogP contribution in [0, 0.1) is 0 Å². The van der Waals surface area contributed by atoms with E-state index in [2.05, 4.69) is 0 Å². The summed E-state index contributed by atoms with van der Waals surface area (Å²) in [5.74, 6) is 0.194. The van der Waals surface area contributed by atoms with Crippen LogP contribution in [-0.4, -0.2) is 17.9 Å². The van der Waals surface area contributed by atoms with E-state index in [-0.39, 0.29) is 11.3 Å². The zero-order valence-electron chi connectivity index (χ0n) is 9.13. The van der Waals surface area contributed by atoms with Crippen molar-refractivity contribution in [3.63, 3.8) is 0 Å². The number of ether oxygens (including phenoxy) is 1. The summed E-state index contributed by atoms with van der Waals surface area (Å²) < 4.78 is 5.18. The van der Waals surface area contributed by atoms with Gasteiger partial charge in [-0.25, -0.2) is 0 Å². The Morgan fingerprint density at radius 3 is 2.73 bits per heavy atom. The molecule has 0 bridgehead atoms. The minimum atomic E-state index is -0.227. The zero-order valence-corrected chi connectivity index (χ0v) is 9.13. The molecule has 3 heteroatoms. The predicted molar refractivity (Wildman–Crippen MR) is 58.3 cm³/mol. The van der Waals surface area contributed by atoms with Crippen molar-refractivity contribution in [3.05, 3.63) is 11.8 Å². The fraction of sp³-hybridized carbons (Fsp3) is 0.750. The van der Waals surface area contributed by atoms with Gasteiger partial charge in [0.2, 0.25) is 0 Å². The van der Waals surface area contributed by atoms with Gasteiger partial charge in [-0.15, -0.1) is 0 Å². The standard InChI is InChI=1S/C12H19NO2/c13-12(5-1-2-6-12)8-11(14)10-4-3-7-15-9-10/h9H,1-8,13H2. The second-order valence-corrected chi connectivity index (χ2v) is 4.79. The molecular weight excluding hydrogens is 190 g/mol. The molecular formula is C12H19NO2. The lowest BCUT2D eigenvalue weighted by molar-refractivity contribution is -0.117. The van der Waals surface area contributed by atoms with Crippen LogP contribution >= 0.6 is 0 Å². The molecule has 3 nitrogen and oxygen atoms in total. The van der Waals surface area contributed by atoms with E-state index >= 15 is 0 Å². The van der Waals surface area contributed by atoms with Crippen molar-refractivity contribution in [1.82, 2.24) is 0 Å². The summed E-state index contributed by atoms with van der Waals surface area (Å²) in [5, 5.41) is 0. The van der Waals surface area contributed by atoms with E-state index in [1.54, 1.807) is 6.26 Å². The summed E-state index contributed by atoms with van der Waals surface area (Å²) >= 11 is 0. The topological polar surface area (TPSA) is 52.3 Å². The summed E-state index contributed by atoms with van der Waals surface area (Å²) in [6, 6.07) is 0. The van der Waals surface area contributed by atoms with Crippen LogP contribution in [-0.2, 0) is 9.53 Å². The Hall–Kier alpha value is -0.830. The van der Waals surface area contributed by atoms with Crippen LogP contribution in [0.2, 0.25) is 0 Å². The maximum atomic E-state index is 11.9. The number of hydrogen-bond donors (Lipinski definition) is 1. The molecule has 2 rings (SSSR count). The second-order valence-electron chi connectivity index (χ2n) is 4.79. The van der Waals surface area contributed by atoms with E-state index in [1.165, 1.54) is 12.8 Å². The van der Waals surface area contributed by atoms with Gasteiger partial charge in [0.25, 0.3) is 0 Å². The summed E-state index contributed by atoms with van der Waals surface area (Å²) in [6.45, 7) is 0.741. The van der Waals surface area contributed by atoms with Crippen LogP contribution in [0.3, 0.4) is 0 Å². The van der Waals surface area contributed by atoms with Gasteiger partial charge in [0.05, 0.1) is 12.9 Å². The first-order valence-corrected chi connectivity index (χ1v) is 5.82. The average molecular weight is 209 g/mol. The molecule has 0 spiro atoms. The second kappa shape index (κ2) is 4.35. The minimum Gasteiger partial charge on any atom is -0.501 e. The fourth-order valence-electron chi connectivity index (χ4n) is 2.46. The lowest BCUT2D eigenvalue weighted by atomic mass is 9.89. The molecule has 84 valence electrons. The Labute approximate surface area is 90.7 Å². The molecule has 0 aromatic rings.